The minimum atomic E-state index is -3.56. The Bertz CT molecular complexity index is 2330. The molecule has 50 heavy (non-hydrogen) atoms. The van der Waals surface area contributed by atoms with Crippen LogP contribution in [-0.4, -0.2) is 68.0 Å². The van der Waals surface area contributed by atoms with Gasteiger partial charge in [-0.3, -0.25) is 4.72 Å². The zero-order chi connectivity index (χ0) is 36.6. The van der Waals surface area contributed by atoms with Crippen LogP contribution in [0.1, 0.15) is 39.8 Å². The number of nitrogen functional groups attached to an aromatic ring is 1. The highest BCUT2D eigenvalue weighted by Gasteiger charge is 2.17. The number of rotatable bonds is 9. The third-order valence-electron chi connectivity index (χ3n) is 6.82. The van der Waals surface area contributed by atoms with Crippen molar-refractivity contribution in [3.8, 4) is 22.5 Å². The Labute approximate surface area is 299 Å². The number of fused-ring (bicyclic) bond motifs is 2. The lowest BCUT2D eigenvalue weighted by atomic mass is 10.1. The second-order valence-electron chi connectivity index (χ2n) is 11.2. The number of anilines is 2. The number of hydrogen-bond donors (Lipinski definition) is 2. The monoisotopic (exact) mass is 758 g/mol. The molecule has 0 atom stereocenters. The quantitative estimate of drug-likeness (QED) is 0.0940. The molecule has 0 aliphatic carbocycles. The van der Waals surface area contributed by atoms with Crippen LogP contribution in [0.4, 0.5) is 11.4 Å². The minimum absolute atomic E-state index is 0.0613. The van der Waals surface area contributed by atoms with Crippen LogP contribution in [0, 0.1) is 0 Å². The summed E-state index contributed by atoms with van der Waals surface area (Å²) < 4.78 is 49.3. The second kappa shape index (κ2) is 16.4. The second-order valence-corrected chi connectivity index (χ2v) is 16.1. The highest BCUT2D eigenvalue weighted by molar-refractivity contribution is 8.13. The van der Waals surface area contributed by atoms with Crippen molar-refractivity contribution >= 4 is 74.8 Å². The van der Waals surface area contributed by atoms with Gasteiger partial charge in [-0.05, 0) is 52.0 Å². The van der Waals surface area contributed by atoms with Gasteiger partial charge in [-0.25, -0.2) is 46.1 Å². The van der Waals surface area contributed by atoms with Gasteiger partial charge in [0.1, 0.15) is 24.0 Å². The zero-order valence-electron chi connectivity index (χ0n) is 27.6. The summed E-state index contributed by atoms with van der Waals surface area (Å²) in [6.07, 6.45) is 6.55. The Hall–Kier alpha value is -4.64. The first-order valence-electron chi connectivity index (χ1n) is 15.1. The smallest absolute Gasteiger partial charge is 0.254 e. The molecule has 6 rings (SSSR count). The van der Waals surface area contributed by atoms with E-state index in [-0.39, 0.29) is 23.7 Å². The van der Waals surface area contributed by atoms with Crippen molar-refractivity contribution in [3.05, 3.63) is 85.6 Å². The summed E-state index contributed by atoms with van der Waals surface area (Å²) in [6, 6.07) is 15.1. The Morgan fingerprint density at radius 1 is 0.840 bits per heavy atom. The van der Waals surface area contributed by atoms with Crippen LogP contribution in [-0.2, 0) is 19.1 Å². The van der Waals surface area contributed by atoms with Crippen LogP contribution in [0.2, 0.25) is 0 Å². The van der Waals surface area contributed by atoms with Crippen molar-refractivity contribution in [1.82, 2.24) is 39.5 Å². The maximum absolute atomic E-state index is 11.7. The lowest BCUT2D eigenvalue weighted by molar-refractivity contribution is 0.548. The molecular formula is C32H36Cl2N10O4S2. The molecule has 0 saturated carbocycles. The zero-order valence-corrected chi connectivity index (χ0v) is 30.8. The fraction of sp³-hybridized carbons (Fsp3) is 0.250. The van der Waals surface area contributed by atoms with Crippen molar-refractivity contribution in [2.75, 3.05) is 22.1 Å². The van der Waals surface area contributed by atoms with Gasteiger partial charge in [0.05, 0.1) is 16.5 Å². The summed E-state index contributed by atoms with van der Waals surface area (Å²) in [6.45, 7) is 11.5. The maximum Gasteiger partial charge on any atom is 0.254 e. The molecule has 0 aliphatic heterocycles. The molecule has 14 nitrogen and oxygen atoms in total. The lowest BCUT2D eigenvalue weighted by Crippen LogP contribution is -2.08. The Morgan fingerprint density at radius 2 is 1.34 bits per heavy atom. The van der Waals surface area contributed by atoms with Crippen molar-refractivity contribution in [2.24, 2.45) is 0 Å². The summed E-state index contributed by atoms with van der Waals surface area (Å²) in [5.41, 5.74) is 11.9. The van der Waals surface area contributed by atoms with Gasteiger partial charge in [0.15, 0.2) is 11.3 Å². The van der Waals surface area contributed by atoms with E-state index in [0.717, 1.165) is 50.0 Å². The van der Waals surface area contributed by atoms with Crippen LogP contribution in [0.15, 0.2) is 85.6 Å². The van der Waals surface area contributed by atoms with Gasteiger partial charge in [0.2, 0.25) is 9.05 Å². The van der Waals surface area contributed by atoms with E-state index < -0.39 is 19.1 Å². The summed E-state index contributed by atoms with van der Waals surface area (Å²) >= 11 is 5.02. The number of aromatic nitrogens is 8. The summed E-state index contributed by atoms with van der Waals surface area (Å²) in [7, 11) is -2.17. The highest BCUT2D eigenvalue weighted by atomic mass is 35.7. The lowest BCUT2D eigenvalue weighted by Gasteiger charge is -2.06. The van der Waals surface area contributed by atoms with E-state index in [4.69, 9.17) is 28.0 Å². The molecule has 0 radical (unpaired) electrons. The van der Waals surface area contributed by atoms with Gasteiger partial charge in [0.25, 0.3) is 10.0 Å². The van der Waals surface area contributed by atoms with Gasteiger partial charge in [-0.2, -0.15) is 10.2 Å². The molecule has 264 valence electrons. The predicted molar refractivity (Wildman–Crippen MR) is 200 cm³/mol. The van der Waals surface area contributed by atoms with Gasteiger partial charge >= 0.3 is 0 Å². The van der Waals surface area contributed by atoms with Crippen LogP contribution < -0.4 is 10.5 Å². The molecular weight excluding hydrogens is 723 g/mol. The van der Waals surface area contributed by atoms with Crippen LogP contribution in [0.25, 0.3) is 44.6 Å². The topological polar surface area (TPSA) is 194 Å². The van der Waals surface area contributed by atoms with Gasteiger partial charge < -0.3 is 5.73 Å². The minimum Gasteiger partial charge on any atom is -0.399 e. The summed E-state index contributed by atoms with van der Waals surface area (Å²) in [5.74, 6) is -0.0953. The van der Waals surface area contributed by atoms with E-state index in [0.29, 0.717) is 11.4 Å². The first-order chi connectivity index (χ1) is 23.6. The maximum atomic E-state index is 11.7. The highest BCUT2D eigenvalue weighted by Crippen LogP contribution is 2.30. The van der Waals surface area contributed by atoms with Crippen molar-refractivity contribution in [2.45, 2.75) is 39.8 Å². The Balaban J connectivity index is 0.000000193. The van der Waals surface area contributed by atoms with Crippen LogP contribution in [0.5, 0.6) is 0 Å². The number of benzene rings is 2. The van der Waals surface area contributed by atoms with E-state index in [2.05, 4.69) is 55.3 Å². The van der Waals surface area contributed by atoms with Gasteiger partial charge in [-0.15, -0.1) is 11.6 Å². The van der Waals surface area contributed by atoms with E-state index >= 15 is 0 Å². The fourth-order valence-corrected chi connectivity index (χ4v) is 6.43. The number of halogens is 2. The van der Waals surface area contributed by atoms with E-state index in [1.165, 1.54) is 6.33 Å². The number of nitrogens with one attached hydrogen (secondary N) is 1. The van der Waals surface area contributed by atoms with Crippen LogP contribution in [0.3, 0.4) is 0 Å². The third-order valence-corrected chi connectivity index (χ3v) is 9.34. The van der Waals surface area contributed by atoms with Gasteiger partial charge in [-0.1, -0.05) is 30.8 Å². The number of nitrogens with two attached hydrogens (primary N) is 1. The SMILES string of the molecule is C=CS(=O)(=O)Nc1cccc(-c2nn(C(C)C)c3ncncc23)c1.CC(C)n1nc(-c2cccc(N)c2)c2cncnc21.O=S(=O)(Cl)CCCl. The average molecular weight is 760 g/mol. The summed E-state index contributed by atoms with van der Waals surface area (Å²) in [4.78, 5) is 16.8. The molecule has 3 N–H and O–H groups in total. The van der Waals surface area contributed by atoms with E-state index in [1.807, 2.05) is 53.5 Å². The molecule has 4 aromatic heterocycles. The Morgan fingerprint density at radius 3 is 1.76 bits per heavy atom. The van der Waals surface area contributed by atoms with Gasteiger partial charge in [0, 0.05) is 68.9 Å². The van der Waals surface area contributed by atoms with E-state index in [9.17, 15) is 16.8 Å². The molecule has 2 aromatic carbocycles. The fourth-order valence-electron chi connectivity index (χ4n) is 4.62. The standard InChI is InChI=1S/C16H17N5O2S.C14H15N5.C2H4Cl2O2S/c1-4-24(22,23)20-13-7-5-6-12(8-13)15-14-9-17-10-18-16(14)21(19-15)11(2)3;1-9(2)19-14-12(7-16-8-17-14)13(18-19)10-4-3-5-11(15)6-10;3-1-2-7(4,5)6/h4-11,20H,1H2,2-3H3;3-9H,15H2,1-2H3;1-2H2. The predicted octanol–water partition coefficient (Wildman–Crippen LogP) is 6.41. The van der Waals surface area contributed by atoms with Crippen LogP contribution >= 0.6 is 22.3 Å². The Kier molecular flexibility index (Phi) is 12.5. The molecule has 4 heterocycles. The van der Waals surface area contributed by atoms with Crippen molar-refractivity contribution in [1.29, 1.82) is 0 Å². The molecule has 6 aromatic rings. The summed E-state index contributed by atoms with van der Waals surface area (Å²) in [5, 5.41) is 11.9. The molecule has 0 saturated heterocycles. The largest absolute Gasteiger partial charge is 0.399 e. The third kappa shape index (κ3) is 9.74. The number of alkyl halides is 1. The molecule has 0 fully saturated rings. The normalized spacial score (nSPS) is 11.6. The van der Waals surface area contributed by atoms with Crippen molar-refractivity contribution < 1.29 is 16.8 Å². The molecule has 0 bridgehead atoms. The molecule has 0 spiro atoms. The first kappa shape index (κ1) is 38.2. The molecule has 0 aliphatic rings. The number of hydrogen-bond acceptors (Lipinski definition) is 11. The number of nitrogens with zero attached hydrogens (tertiary/aromatic N) is 8. The molecule has 18 heteroatoms. The first-order valence-corrected chi connectivity index (χ1v) is 19.7. The average Bonchev–Trinajstić information content (AvgIpc) is 3.65. The molecule has 0 amide bonds. The van der Waals surface area contributed by atoms with E-state index in [1.54, 1.807) is 36.9 Å². The molecule has 0 unspecified atom stereocenters. The van der Waals surface area contributed by atoms with Crippen molar-refractivity contribution in [3.63, 3.8) is 0 Å². The number of sulfonamides is 1.